The fraction of sp³-hybridized carbons (Fsp3) is 0.429. The van der Waals surface area contributed by atoms with Gasteiger partial charge in [0.05, 0.1) is 6.04 Å². The summed E-state index contributed by atoms with van der Waals surface area (Å²) in [6, 6.07) is 6.57. The lowest BCUT2D eigenvalue weighted by atomic mass is 10.1. The molecule has 0 radical (unpaired) electrons. The van der Waals surface area contributed by atoms with E-state index in [0.29, 0.717) is 6.54 Å². The minimum atomic E-state index is -2.79. The highest BCUT2D eigenvalue weighted by Gasteiger charge is 2.05. The van der Waals surface area contributed by atoms with Crippen LogP contribution in [0.15, 0.2) is 24.3 Å². The number of hydrogen-bond acceptors (Lipinski definition) is 2. The Morgan fingerprint density at radius 2 is 2.00 bits per heavy atom. The Bertz CT molecular complexity index is 384. The topological polar surface area (TPSA) is 21.3 Å². The SMILES string of the molecule is C#CC(CCC)NCc1ccc(OC(F)F)cc1. The highest BCUT2D eigenvalue weighted by molar-refractivity contribution is 5.27. The first kappa shape index (κ1) is 14.5. The van der Waals surface area contributed by atoms with Crippen LogP contribution in [-0.4, -0.2) is 12.7 Å². The third-order valence-electron chi connectivity index (χ3n) is 2.48. The Balaban J connectivity index is 2.46. The molecule has 0 amide bonds. The molecule has 1 N–H and O–H groups in total. The fourth-order valence-electron chi connectivity index (χ4n) is 1.56. The van der Waals surface area contributed by atoms with E-state index in [1.165, 1.54) is 12.1 Å². The van der Waals surface area contributed by atoms with E-state index in [0.717, 1.165) is 18.4 Å². The molecule has 0 spiro atoms. The highest BCUT2D eigenvalue weighted by Crippen LogP contribution is 2.14. The van der Waals surface area contributed by atoms with Crippen molar-refractivity contribution in [2.75, 3.05) is 0 Å². The van der Waals surface area contributed by atoms with E-state index in [9.17, 15) is 8.78 Å². The zero-order chi connectivity index (χ0) is 13.4. The van der Waals surface area contributed by atoms with Gasteiger partial charge in [0.15, 0.2) is 0 Å². The van der Waals surface area contributed by atoms with Gasteiger partial charge in [-0.15, -0.1) is 6.42 Å². The van der Waals surface area contributed by atoms with Gasteiger partial charge < -0.3 is 4.74 Å². The Labute approximate surface area is 106 Å². The van der Waals surface area contributed by atoms with Crippen molar-refractivity contribution in [2.24, 2.45) is 0 Å². The van der Waals surface area contributed by atoms with Crippen LogP contribution in [0.1, 0.15) is 25.3 Å². The summed E-state index contributed by atoms with van der Waals surface area (Å²) in [7, 11) is 0. The van der Waals surface area contributed by atoms with Crippen LogP contribution in [0, 0.1) is 12.3 Å². The minimum Gasteiger partial charge on any atom is -0.435 e. The largest absolute Gasteiger partial charge is 0.435 e. The molecule has 1 aromatic rings. The Morgan fingerprint density at radius 1 is 1.33 bits per heavy atom. The maximum Gasteiger partial charge on any atom is 0.387 e. The summed E-state index contributed by atoms with van der Waals surface area (Å²) in [6.45, 7) is -0.101. The zero-order valence-electron chi connectivity index (χ0n) is 10.3. The molecule has 98 valence electrons. The Kier molecular flexibility index (Phi) is 6.16. The van der Waals surface area contributed by atoms with Gasteiger partial charge in [-0.05, 0) is 24.1 Å². The Morgan fingerprint density at radius 3 is 2.50 bits per heavy atom. The van der Waals surface area contributed by atoms with Crippen LogP contribution in [0.25, 0.3) is 0 Å². The second kappa shape index (κ2) is 7.67. The average Bonchev–Trinajstić information content (AvgIpc) is 2.35. The van der Waals surface area contributed by atoms with Gasteiger partial charge in [-0.25, -0.2) is 0 Å². The molecule has 0 aliphatic heterocycles. The third kappa shape index (κ3) is 5.15. The predicted molar refractivity (Wildman–Crippen MR) is 67.4 cm³/mol. The summed E-state index contributed by atoms with van der Waals surface area (Å²) in [4.78, 5) is 0. The fourth-order valence-corrected chi connectivity index (χ4v) is 1.56. The van der Waals surface area contributed by atoms with Crippen molar-refractivity contribution in [2.45, 2.75) is 39.0 Å². The average molecular weight is 253 g/mol. The molecule has 18 heavy (non-hydrogen) atoms. The van der Waals surface area contributed by atoms with E-state index in [4.69, 9.17) is 6.42 Å². The summed E-state index contributed by atoms with van der Waals surface area (Å²) in [5.41, 5.74) is 0.980. The summed E-state index contributed by atoms with van der Waals surface area (Å²) >= 11 is 0. The second-order valence-corrected chi connectivity index (χ2v) is 3.91. The van der Waals surface area contributed by atoms with Crippen LogP contribution in [-0.2, 0) is 6.54 Å². The number of benzene rings is 1. The van der Waals surface area contributed by atoms with Gasteiger partial charge in [-0.3, -0.25) is 5.32 Å². The van der Waals surface area contributed by atoms with E-state index >= 15 is 0 Å². The van der Waals surface area contributed by atoms with Gasteiger partial charge in [0, 0.05) is 6.54 Å². The zero-order valence-corrected chi connectivity index (χ0v) is 10.3. The molecule has 0 saturated heterocycles. The van der Waals surface area contributed by atoms with Crippen molar-refractivity contribution in [3.63, 3.8) is 0 Å². The lowest BCUT2D eigenvalue weighted by Gasteiger charge is -2.12. The van der Waals surface area contributed by atoms with E-state index in [1.54, 1.807) is 12.1 Å². The van der Waals surface area contributed by atoms with Crippen molar-refractivity contribution >= 4 is 0 Å². The van der Waals surface area contributed by atoms with E-state index in [-0.39, 0.29) is 11.8 Å². The molecule has 0 heterocycles. The van der Waals surface area contributed by atoms with E-state index < -0.39 is 6.61 Å². The second-order valence-electron chi connectivity index (χ2n) is 3.91. The van der Waals surface area contributed by atoms with E-state index in [2.05, 4.69) is 22.9 Å². The van der Waals surface area contributed by atoms with Crippen LogP contribution < -0.4 is 10.1 Å². The third-order valence-corrected chi connectivity index (χ3v) is 2.48. The van der Waals surface area contributed by atoms with Crippen molar-refractivity contribution in [1.29, 1.82) is 0 Å². The maximum atomic E-state index is 11.9. The first-order valence-corrected chi connectivity index (χ1v) is 5.89. The van der Waals surface area contributed by atoms with Crippen molar-refractivity contribution in [1.82, 2.24) is 5.32 Å². The smallest absolute Gasteiger partial charge is 0.387 e. The molecule has 0 saturated carbocycles. The molecule has 4 heteroatoms. The van der Waals surface area contributed by atoms with Gasteiger partial charge >= 0.3 is 6.61 Å². The lowest BCUT2D eigenvalue weighted by Crippen LogP contribution is -2.26. The predicted octanol–water partition coefficient (Wildman–Crippen LogP) is 3.18. The molecule has 1 unspecified atom stereocenters. The molecular weight excluding hydrogens is 236 g/mol. The molecule has 0 aliphatic rings. The van der Waals surface area contributed by atoms with Crippen LogP contribution in [0.5, 0.6) is 5.75 Å². The highest BCUT2D eigenvalue weighted by atomic mass is 19.3. The minimum absolute atomic E-state index is 0.0481. The van der Waals surface area contributed by atoms with Crippen LogP contribution >= 0.6 is 0 Å². The van der Waals surface area contributed by atoms with Gasteiger partial charge in [0.2, 0.25) is 0 Å². The lowest BCUT2D eigenvalue weighted by molar-refractivity contribution is -0.0498. The molecule has 2 nitrogen and oxygen atoms in total. The first-order valence-electron chi connectivity index (χ1n) is 5.89. The Hall–Kier alpha value is -1.60. The van der Waals surface area contributed by atoms with Crippen molar-refractivity contribution < 1.29 is 13.5 Å². The number of alkyl halides is 2. The summed E-state index contributed by atoms with van der Waals surface area (Å²) in [6.07, 6.45) is 7.32. The summed E-state index contributed by atoms with van der Waals surface area (Å²) < 4.78 is 28.2. The van der Waals surface area contributed by atoms with Crippen LogP contribution in [0.2, 0.25) is 0 Å². The maximum absolute atomic E-state index is 11.9. The molecule has 1 rings (SSSR count). The monoisotopic (exact) mass is 253 g/mol. The number of hydrogen-bond donors (Lipinski definition) is 1. The molecule has 1 aromatic carbocycles. The molecule has 0 aliphatic carbocycles. The quantitative estimate of drug-likeness (QED) is 0.753. The molecule has 1 atom stereocenters. The number of halogens is 2. The normalized spacial score (nSPS) is 12.2. The van der Waals surface area contributed by atoms with Crippen molar-refractivity contribution in [3.05, 3.63) is 29.8 Å². The summed E-state index contributed by atoms with van der Waals surface area (Å²) in [5.74, 6) is 2.84. The van der Waals surface area contributed by atoms with Gasteiger partial charge in [-0.1, -0.05) is 31.4 Å². The number of nitrogens with one attached hydrogen (secondary N) is 1. The number of rotatable bonds is 7. The van der Waals surface area contributed by atoms with E-state index in [1.807, 2.05) is 0 Å². The molecule has 0 bridgehead atoms. The first-order chi connectivity index (χ1) is 8.65. The number of ether oxygens (including phenoxy) is 1. The molecule has 0 fully saturated rings. The summed E-state index contributed by atoms with van der Waals surface area (Å²) in [5, 5.41) is 3.22. The molecular formula is C14H17F2NO. The standard InChI is InChI=1S/C14H17F2NO/c1-3-5-12(4-2)17-10-11-6-8-13(9-7-11)18-14(15)16/h2,6-9,12,14,17H,3,5,10H2,1H3. The van der Waals surface area contributed by atoms with Gasteiger partial charge in [0.1, 0.15) is 5.75 Å². The van der Waals surface area contributed by atoms with Crippen molar-refractivity contribution in [3.8, 4) is 18.1 Å². The molecule has 0 aromatic heterocycles. The van der Waals surface area contributed by atoms with Gasteiger partial charge in [0.25, 0.3) is 0 Å². The van der Waals surface area contributed by atoms with Crippen LogP contribution in [0.4, 0.5) is 8.78 Å². The van der Waals surface area contributed by atoms with Gasteiger partial charge in [-0.2, -0.15) is 8.78 Å². The number of terminal acetylenes is 1. The van der Waals surface area contributed by atoms with Crippen LogP contribution in [0.3, 0.4) is 0 Å².